The van der Waals surface area contributed by atoms with Gasteiger partial charge in [-0.15, -0.1) is 0 Å². The van der Waals surface area contributed by atoms with E-state index >= 15 is 0 Å². The predicted molar refractivity (Wildman–Crippen MR) is 87.2 cm³/mol. The first-order valence-corrected chi connectivity index (χ1v) is 9.75. The van der Waals surface area contributed by atoms with Crippen LogP contribution < -0.4 is 10.0 Å². The first kappa shape index (κ1) is 16.2. The molecule has 1 atom stereocenters. The Morgan fingerprint density at radius 1 is 1.36 bits per heavy atom. The Kier molecular flexibility index (Phi) is 4.46. The van der Waals surface area contributed by atoms with Crippen LogP contribution in [0.3, 0.4) is 0 Å². The molecule has 0 radical (unpaired) electrons. The monoisotopic (exact) mass is 389 g/mol. The number of aromatic nitrogens is 1. The zero-order chi connectivity index (χ0) is 15.8. The molecule has 0 aromatic carbocycles. The van der Waals surface area contributed by atoms with Gasteiger partial charge in [0.25, 0.3) is 0 Å². The van der Waals surface area contributed by atoms with E-state index in [0.717, 1.165) is 52.0 Å². The van der Waals surface area contributed by atoms with E-state index in [0.29, 0.717) is 10.3 Å². The first-order valence-electron chi connectivity index (χ1n) is 7.41. The third-order valence-corrected chi connectivity index (χ3v) is 5.82. The number of halogens is 1. The minimum atomic E-state index is -3.81. The third-order valence-electron chi connectivity index (χ3n) is 4.47. The van der Waals surface area contributed by atoms with Crippen molar-refractivity contribution in [2.24, 2.45) is 10.6 Å². The molecule has 8 heteroatoms. The number of pyridine rings is 1. The summed E-state index contributed by atoms with van der Waals surface area (Å²) in [4.78, 5) is 6.45. The molecule has 1 spiro atoms. The van der Waals surface area contributed by atoms with Crippen molar-refractivity contribution in [2.75, 3.05) is 31.2 Å². The molecule has 0 aliphatic carbocycles. The van der Waals surface area contributed by atoms with E-state index in [1.165, 1.54) is 6.07 Å². The highest BCUT2D eigenvalue weighted by molar-refractivity contribution is 9.10. The number of nitrogens with zero attached hydrogens (tertiary/aromatic N) is 2. The van der Waals surface area contributed by atoms with Gasteiger partial charge in [-0.2, -0.15) is 0 Å². The molecule has 0 saturated carbocycles. The summed E-state index contributed by atoms with van der Waals surface area (Å²) < 4.78 is 30.0. The van der Waals surface area contributed by atoms with E-state index in [-0.39, 0.29) is 10.3 Å². The lowest BCUT2D eigenvalue weighted by atomic mass is 9.76. The summed E-state index contributed by atoms with van der Waals surface area (Å²) in [7, 11) is -3.81. The van der Waals surface area contributed by atoms with Gasteiger partial charge in [0.1, 0.15) is 10.7 Å². The van der Waals surface area contributed by atoms with Crippen LogP contribution in [-0.4, -0.2) is 39.7 Å². The lowest BCUT2D eigenvalue weighted by Gasteiger charge is -2.45. The van der Waals surface area contributed by atoms with Crippen molar-refractivity contribution >= 4 is 31.8 Å². The number of hydrogen-bond acceptors (Lipinski definition) is 5. The number of primary sulfonamides is 1. The van der Waals surface area contributed by atoms with Gasteiger partial charge in [-0.05, 0) is 47.7 Å². The molecule has 1 aromatic heterocycles. The van der Waals surface area contributed by atoms with Crippen molar-refractivity contribution in [1.82, 2.24) is 4.98 Å². The molecule has 2 aliphatic rings. The van der Waals surface area contributed by atoms with Crippen LogP contribution in [0, 0.1) is 5.41 Å². The summed E-state index contributed by atoms with van der Waals surface area (Å²) >= 11 is 3.26. The molecule has 3 rings (SSSR count). The Morgan fingerprint density at radius 2 is 2.14 bits per heavy atom. The second-order valence-corrected chi connectivity index (χ2v) is 8.65. The fourth-order valence-corrected chi connectivity index (χ4v) is 4.69. The average molecular weight is 390 g/mol. The topological polar surface area (TPSA) is 85.5 Å². The van der Waals surface area contributed by atoms with Gasteiger partial charge in [-0.25, -0.2) is 18.5 Å². The molecule has 2 aliphatic heterocycles. The molecule has 1 unspecified atom stereocenters. The molecule has 2 fully saturated rings. The van der Waals surface area contributed by atoms with Crippen LogP contribution >= 0.6 is 15.9 Å². The number of nitrogens with two attached hydrogens (primary N) is 1. The van der Waals surface area contributed by atoms with E-state index < -0.39 is 10.0 Å². The largest absolute Gasteiger partial charge is 0.381 e. The SMILES string of the molecule is NS(=O)(=O)c1cc(Br)cnc1N1CCCC2(CCCOC2)C1. The molecular weight excluding hydrogens is 370 g/mol. The molecule has 22 heavy (non-hydrogen) atoms. The van der Waals surface area contributed by atoms with Crippen LogP contribution in [-0.2, 0) is 14.8 Å². The molecule has 0 bridgehead atoms. The minimum Gasteiger partial charge on any atom is -0.381 e. The van der Waals surface area contributed by atoms with Gasteiger partial charge in [-0.1, -0.05) is 0 Å². The van der Waals surface area contributed by atoms with Crippen molar-refractivity contribution in [3.05, 3.63) is 16.7 Å². The highest BCUT2D eigenvalue weighted by Crippen LogP contribution is 2.39. The molecule has 3 heterocycles. The van der Waals surface area contributed by atoms with Gasteiger partial charge in [0.05, 0.1) is 6.61 Å². The summed E-state index contributed by atoms with van der Waals surface area (Å²) in [5.74, 6) is 0.454. The second kappa shape index (κ2) is 6.07. The van der Waals surface area contributed by atoms with E-state index in [2.05, 4.69) is 20.9 Å². The highest BCUT2D eigenvalue weighted by Gasteiger charge is 2.38. The van der Waals surface area contributed by atoms with Crippen molar-refractivity contribution in [1.29, 1.82) is 0 Å². The fraction of sp³-hybridized carbons (Fsp3) is 0.643. The Balaban J connectivity index is 1.94. The lowest BCUT2D eigenvalue weighted by Crippen LogP contribution is -2.48. The maximum atomic E-state index is 11.9. The zero-order valence-corrected chi connectivity index (χ0v) is 14.7. The Bertz CT molecular complexity index is 654. The minimum absolute atomic E-state index is 0.0793. The highest BCUT2D eigenvalue weighted by atomic mass is 79.9. The fourth-order valence-electron chi connectivity index (χ4n) is 3.48. The van der Waals surface area contributed by atoms with Gasteiger partial charge in [0, 0.05) is 35.8 Å². The van der Waals surface area contributed by atoms with Crippen LogP contribution in [0.5, 0.6) is 0 Å². The normalized spacial score (nSPS) is 26.4. The number of ether oxygens (including phenoxy) is 1. The van der Waals surface area contributed by atoms with Gasteiger partial charge >= 0.3 is 0 Å². The van der Waals surface area contributed by atoms with E-state index in [9.17, 15) is 8.42 Å². The summed E-state index contributed by atoms with van der Waals surface area (Å²) in [6.07, 6.45) is 5.91. The summed E-state index contributed by atoms with van der Waals surface area (Å²) in [5.41, 5.74) is 0.112. The number of sulfonamides is 1. The predicted octanol–water partition coefficient (Wildman–Crippen LogP) is 1.89. The molecule has 1 aromatic rings. The van der Waals surface area contributed by atoms with Gasteiger partial charge in [0.15, 0.2) is 0 Å². The smallest absolute Gasteiger partial charge is 0.241 e. The molecule has 0 amide bonds. The summed E-state index contributed by atoms with van der Waals surface area (Å²) in [6, 6.07) is 1.52. The van der Waals surface area contributed by atoms with Crippen molar-refractivity contribution in [3.63, 3.8) is 0 Å². The average Bonchev–Trinajstić information content (AvgIpc) is 2.47. The van der Waals surface area contributed by atoms with Crippen LogP contribution in [0.1, 0.15) is 25.7 Å². The van der Waals surface area contributed by atoms with Crippen LogP contribution in [0.2, 0.25) is 0 Å². The molecular formula is C14H20BrN3O3S. The van der Waals surface area contributed by atoms with Crippen LogP contribution in [0.25, 0.3) is 0 Å². The number of hydrogen-bond donors (Lipinski definition) is 1. The van der Waals surface area contributed by atoms with Crippen molar-refractivity contribution in [3.8, 4) is 0 Å². The van der Waals surface area contributed by atoms with Gasteiger partial charge < -0.3 is 9.64 Å². The van der Waals surface area contributed by atoms with Gasteiger partial charge in [-0.3, -0.25) is 0 Å². The number of rotatable bonds is 2. The maximum Gasteiger partial charge on any atom is 0.241 e. The van der Waals surface area contributed by atoms with E-state index in [1.54, 1.807) is 6.20 Å². The number of anilines is 1. The quantitative estimate of drug-likeness (QED) is 0.834. The maximum absolute atomic E-state index is 11.9. The zero-order valence-electron chi connectivity index (χ0n) is 12.3. The molecule has 2 saturated heterocycles. The summed E-state index contributed by atoms with van der Waals surface area (Å²) in [6.45, 7) is 3.12. The standard InChI is InChI=1S/C14H20BrN3O3S/c15-11-7-12(22(16,19)20)13(17-8-11)18-5-1-3-14(9-18)4-2-6-21-10-14/h7-8H,1-6,9-10H2,(H2,16,19,20). The Labute approximate surface area is 139 Å². The lowest BCUT2D eigenvalue weighted by molar-refractivity contribution is -0.0151. The van der Waals surface area contributed by atoms with Gasteiger partial charge in [0.2, 0.25) is 10.0 Å². The third kappa shape index (κ3) is 3.29. The molecule has 122 valence electrons. The molecule has 6 nitrogen and oxygen atoms in total. The van der Waals surface area contributed by atoms with E-state index in [1.807, 2.05) is 4.90 Å². The van der Waals surface area contributed by atoms with E-state index in [4.69, 9.17) is 9.88 Å². The van der Waals surface area contributed by atoms with Crippen molar-refractivity contribution < 1.29 is 13.2 Å². The second-order valence-electron chi connectivity index (χ2n) is 6.20. The Hall–Kier alpha value is -0.700. The van der Waals surface area contributed by atoms with Crippen LogP contribution in [0.15, 0.2) is 21.6 Å². The van der Waals surface area contributed by atoms with Crippen molar-refractivity contribution in [2.45, 2.75) is 30.6 Å². The number of piperidine rings is 1. The van der Waals surface area contributed by atoms with Crippen LogP contribution in [0.4, 0.5) is 5.82 Å². The molecule has 2 N–H and O–H groups in total. The Morgan fingerprint density at radius 3 is 2.82 bits per heavy atom. The first-order chi connectivity index (χ1) is 10.4. The summed E-state index contributed by atoms with van der Waals surface area (Å²) in [5, 5.41) is 5.36.